The Bertz CT molecular complexity index is 1390. The number of aliphatic carboxylic acids is 1. The number of benzene rings is 3. The van der Waals surface area contributed by atoms with Crippen LogP contribution in [0, 0.1) is 0 Å². The number of ether oxygens (including phenoxy) is 1. The first kappa shape index (κ1) is 26.3. The summed E-state index contributed by atoms with van der Waals surface area (Å²) in [7, 11) is 0. The standard InChI is InChI=1S/C30H30ClN3O4/c31-24-9-6-22(7-10-24)29-27(19-38-17-14-28(35)36)32-26-18-23(8-11-25(26)33-29)30(37)34-15-12-21(13-16-34)20-4-2-1-3-5-20/h1-11,18,21,30,37H,12-17,19H2,(H,35,36). The Morgan fingerprint density at radius 1 is 1.00 bits per heavy atom. The molecule has 1 aromatic heterocycles. The van der Waals surface area contributed by atoms with E-state index in [1.807, 2.05) is 36.4 Å². The number of halogens is 1. The number of hydrogen-bond acceptors (Lipinski definition) is 6. The van der Waals surface area contributed by atoms with Crippen LogP contribution in [0.2, 0.25) is 5.02 Å². The maximum Gasteiger partial charge on any atom is 0.305 e. The summed E-state index contributed by atoms with van der Waals surface area (Å²) in [6, 6.07) is 23.5. The summed E-state index contributed by atoms with van der Waals surface area (Å²) < 4.78 is 5.62. The SMILES string of the molecule is O=C(O)CCOCc1nc2cc(C(O)N3CCC(c4ccccc4)CC3)ccc2nc1-c1ccc(Cl)cc1. The van der Waals surface area contributed by atoms with Gasteiger partial charge in [0.25, 0.3) is 0 Å². The van der Waals surface area contributed by atoms with Crippen LogP contribution in [-0.4, -0.2) is 50.7 Å². The Balaban J connectivity index is 1.37. The number of hydrogen-bond donors (Lipinski definition) is 2. The van der Waals surface area contributed by atoms with E-state index >= 15 is 0 Å². The van der Waals surface area contributed by atoms with Crippen molar-refractivity contribution < 1.29 is 19.7 Å². The van der Waals surface area contributed by atoms with Crippen molar-refractivity contribution >= 4 is 28.6 Å². The molecule has 3 aromatic carbocycles. The zero-order valence-electron chi connectivity index (χ0n) is 21.0. The van der Waals surface area contributed by atoms with Crippen LogP contribution in [0.4, 0.5) is 0 Å². The molecular weight excluding hydrogens is 502 g/mol. The van der Waals surface area contributed by atoms with Gasteiger partial charge in [0.15, 0.2) is 0 Å². The van der Waals surface area contributed by atoms with Crippen molar-refractivity contribution in [2.24, 2.45) is 0 Å². The lowest BCUT2D eigenvalue weighted by Gasteiger charge is -2.35. The minimum atomic E-state index is -0.918. The van der Waals surface area contributed by atoms with Crippen LogP contribution in [-0.2, 0) is 16.1 Å². The fraction of sp³-hybridized carbons (Fsp3) is 0.300. The number of aliphatic hydroxyl groups excluding tert-OH is 1. The molecule has 2 N–H and O–H groups in total. The average Bonchev–Trinajstić information content (AvgIpc) is 2.95. The zero-order valence-corrected chi connectivity index (χ0v) is 21.7. The molecule has 0 amide bonds. The first-order valence-electron chi connectivity index (χ1n) is 12.8. The van der Waals surface area contributed by atoms with Gasteiger partial charge in [-0.05, 0) is 54.2 Å². The van der Waals surface area contributed by atoms with Gasteiger partial charge in [0, 0.05) is 23.7 Å². The molecule has 2 heterocycles. The fourth-order valence-corrected chi connectivity index (χ4v) is 5.08. The van der Waals surface area contributed by atoms with Crippen molar-refractivity contribution in [3.63, 3.8) is 0 Å². The van der Waals surface area contributed by atoms with Crippen molar-refractivity contribution in [1.82, 2.24) is 14.9 Å². The minimum Gasteiger partial charge on any atom is -0.481 e. The first-order chi connectivity index (χ1) is 18.5. The van der Waals surface area contributed by atoms with Gasteiger partial charge in [-0.3, -0.25) is 9.69 Å². The normalized spacial score (nSPS) is 15.5. The molecule has 5 rings (SSSR count). The topological polar surface area (TPSA) is 95.8 Å². The number of piperidine rings is 1. The van der Waals surface area contributed by atoms with Crippen molar-refractivity contribution in [3.05, 3.63) is 94.6 Å². The highest BCUT2D eigenvalue weighted by Crippen LogP contribution is 2.32. The maximum absolute atomic E-state index is 11.2. The van der Waals surface area contributed by atoms with E-state index in [0.29, 0.717) is 33.4 Å². The second-order valence-electron chi connectivity index (χ2n) is 9.56. The zero-order chi connectivity index (χ0) is 26.5. The quantitative estimate of drug-likeness (QED) is 0.263. The molecule has 38 heavy (non-hydrogen) atoms. The lowest BCUT2D eigenvalue weighted by atomic mass is 9.89. The molecule has 4 aromatic rings. The van der Waals surface area contributed by atoms with Crippen molar-refractivity contribution in [2.45, 2.75) is 38.0 Å². The predicted molar refractivity (Wildman–Crippen MR) is 147 cm³/mol. The van der Waals surface area contributed by atoms with Gasteiger partial charge < -0.3 is 14.9 Å². The van der Waals surface area contributed by atoms with Gasteiger partial charge in [-0.25, -0.2) is 9.97 Å². The number of carboxylic acid groups (broad SMARTS) is 1. The van der Waals surface area contributed by atoms with E-state index in [0.717, 1.165) is 37.1 Å². The second kappa shape index (κ2) is 12.0. The highest BCUT2D eigenvalue weighted by atomic mass is 35.5. The highest BCUT2D eigenvalue weighted by molar-refractivity contribution is 6.30. The number of carbonyl (C=O) groups is 1. The molecule has 1 unspecified atom stereocenters. The second-order valence-corrected chi connectivity index (χ2v) is 10.0. The number of nitrogens with zero attached hydrogens (tertiary/aromatic N) is 3. The third kappa shape index (κ3) is 6.19. The Labute approximate surface area is 226 Å². The molecule has 0 saturated carbocycles. The molecule has 0 radical (unpaired) electrons. The summed E-state index contributed by atoms with van der Waals surface area (Å²) in [5, 5.41) is 20.7. The Morgan fingerprint density at radius 3 is 2.45 bits per heavy atom. The lowest BCUT2D eigenvalue weighted by molar-refractivity contribution is -0.138. The van der Waals surface area contributed by atoms with E-state index in [1.165, 1.54) is 5.56 Å². The number of aromatic nitrogens is 2. The van der Waals surface area contributed by atoms with Gasteiger partial charge in [-0.2, -0.15) is 0 Å². The van der Waals surface area contributed by atoms with E-state index in [1.54, 1.807) is 12.1 Å². The molecule has 0 aliphatic carbocycles. The van der Waals surface area contributed by atoms with E-state index in [-0.39, 0.29) is 19.6 Å². The number of likely N-dealkylation sites (tertiary alicyclic amines) is 1. The van der Waals surface area contributed by atoms with Crippen molar-refractivity contribution in [3.8, 4) is 11.3 Å². The molecule has 8 heteroatoms. The largest absolute Gasteiger partial charge is 0.481 e. The monoisotopic (exact) mass is 531 g/mol. The van der Waals surface area contributed by atoms with E-state index in [4.69, 9.17) is 31.4 Å². The Kier molecular flexibility index (Phi) is 8.29. The molecule has 1 fully saturated rings. The molecular formula is C30H30ClN3O4. The Morgan fingerprint density at radius 2 is 1.74 bits per heavy atom. The average molecular weight is 532 g/mol. The molecule has 1 saturated heterocycles. The molecule has 0 bridgehead atoms. The van der Waals surface area contributed by atoms with Crippen LogP contribution in [0.3, 0.4) is 0 Å². The van der Waals surface area contributed by atoms with Gasteiger partial charge in [-0.15, -0.1) is 0 Å². The summed E-state index contributed by atoms with van der Waals surface area (Å²) in [5.74, 6) is -0.406. The summed E-state index contributed by atoms with van der Waals surface area (Å²) >= 11 is 6.07. The molecule has 7 nitrogen and oxygen atoms in total. The minimum absolute atomic E-state index is 0.0762. The van der Waals surface area contributed by atoms with Crippen LogP contribution in [0.25, 0.3) is 22.3 Å². The number of carboxylic acids is 1. The van der Waals surface area contributed by atoms with Crippen LogP contribution in [0.15, 0.2) is 72.8 Å². The van der Waals surface area contributed by atoms with Crippen molar-refractivity contribution in [2.75, 3.05) is 19.7 Å². The number of fused-ring (bicyclic) bond motifs is 1. The van der Waals surface area contributed by atoms with Crippen LogP contribution in [0.1, 0.15) is 48.2 Å². The summed E-state index contributed by atoms with van der Waals surface area (Å²) in [4.78, 5) is 22.7. The lowest BCUT2D eigenvalue weighted by Crippen LogP contribution is -2.36. The van der Waals surface area contributed by atoms with Gasteiger partial charge in [-0.1, -0.05) is 60.1 Å². The highest BCUT2D eigenvalue weighted by Gasteiger charge is 2.26. The van der Waals surface area contributed by atoms with Crippen LogP contribution >= 0.6 is 11.6 Å². The van der Waals surface area contributed by atoms with Gasteiger partial charge in [0.05, 0.1) is 42.1 Å². The smallest absolute Gasteiger partial charge is 0.305 e. The van der Waals surface area contributed by atoms with Gasteiger partial charge >= 0.3 is 5.97 Å². The predicted octanol–water partition coefficient (Wildman–Crippen LogP) is 5.81. The third-order valence-electron chi connectivity index (χ3n) is 7.02. The van der Waals surface area contributed by atoms with E-state index in [9.17, 15) is 9.90 Å². The van der Waals surface area contributed by atoms with Crippen molar-refractivity contribution in [1.29, 1.82) is 0 Å². The van der Waals surface area contributed by atoms with Crippen LogP contribution in [0.5, 0.6) is 0 Å². The van der Waals surface area contributed by atoms with Crippen LogP contribution < -0.4 is 0 Å². The number of aliphatic hydroxyl groups is 1. The maximum atomic E-state index is 11.2. The first-order valence-corrected chi connectivity index (χ1v) is 13.2. The summed E-state index contributed by atoms with van der Waals surface area (Å²) in [6.07, 6.45) is 1.17. The number of rotatable bonds is 9. The summed E-state index contributed by atoms with van der Waals surface area (Å²) in [6.45, 7) is 1.81. The molecule has 1 atom stereocenters. The Hall–Kier alpha value is -3.36. The molecule has 1 aliphatic rings. The summed E-state index contributed by atoms with van der Waals surface area (Å²) in [5.41, 5.74) is 5.56. The van der Waals surface area contributed by atoms with E-state index in [2.05, 4.69) is 29.2 Å². The van der Waals surface area contributed by atoms with Gasteiger partial charge in [0.1, 0.15) is 6.23 Å². The molecule has 196 valence electrons. The molecule has 0 spiro atoms. The fourth-order valence-electron chi connectivity index (χ4n) is 4.95. The van der Waals surface area contributed by atoms with Gasteiger partial charge in [0.2, 0.25) is 0 Å². The van der Waals surface area contributed by atoms with E-state index < -0.39 is 12.2 Å². The third-order valence-corrected chi connectivity index (χ3v) is 7.27. The molecule has 1 aliphatic heterocycles.